The molecule has 1 heterocycles. The van der Waals surface area contributed by atoms with Crippen LogP contribution in [-0.2, 0) is 6.42 Å². The smallest absolute Gasteiger partial charge is 0.298 e. The molecule has 3 aromatic rings. The second-order valence-electron chi connectivity index (χ2n) is 6.42. The lowest BCUT2D eigenvalue weighted by atomic mass is 10.1. The maximum Gasteiger partial charge on any atom is 0.298 e. The molecule has 7 heteroatoms. The standard InChI is InChI=1S/C21H23N3O3S/c1-4-14(2)22-20(25)16-8-6-10-18(13-16)27-21-23-19(24-28-21)12-15-7-5-9-17(11-15)26-3/h5-11,13-14H,4,12H2,1-3H3,(H,22,25). The summed E-state index contributed by atoms with van der Waals surface area (Å²) in [6.45, 7) is 4.01. The fraction of sp³-hybridized carbons (Fsp3) is 0.286. The van der Waals surface area contributed by atoms with Crippen LogP contribution >= 0.6 is 11.5 Å². The van der Waals surface area contributed by atoms with Crippen molar-refractivity contribution in [2.75, 3.05) is 7.11 Å². The van der Waals surface area contributed by atoms with Gasteiger partial charge >= 0.3 is 0 Å². The highest BCUT2D eigenvalue weighted by Gasteiger charge is 2.12. The molecule has 1 unspecified atom stereocenters. The Morgan fingerprint density at radius 3 is 2.75 bits per heavy atom. The van der Waals surface area contributed by atoms with Gasteiger partial charge in [-0.05, 0) is 49.2 Å². The minimum Gasteiger partial charge on any atom is -0.497 e. The molecule has 1 amide bonds. The number of amides is 1. The van der Waals surface area contributed by atoms with Crippen LogP contribution in [0.3, 0.4) is 0 Å². The zero-order valence-electron chi connectivity index (χ0n) is 16.1. The van der Waals surface area contributed by atoms with Crippen LogP contribution in [0.1, 0.15) is 42.0 Å². The largest absolute Gasteiger partial charge is 0.497 e. The molecular weight excluding hydrogens is 374 g/mol. The molecule has 1 atom stereocenters. The summed E-state index contributed by atoms with van der Waals surface area (Å²) in [7, 11) is 1.64. The van der Waals surface area contributed by atoms with Crippen molar-refractivity contribution in [2.45, 2.75) is 32.7 Å². The highest BCUT2D eigenvalue weighted by molar-refractivity contribution is 7.07. The molecule has 6 nitrogen and oxygen atoms in total. The summed E-state index contributed by atoms with van der Waals surface area (Å²) in [5.41, 5.74) is 1.62. The predicted molar refractivity (Wildman–Crippen MR) is 109 cm³/mol. The van der Waals surface area contributed by atoms with E-state index in [1.165, 1.54) is 11.5 Å². The number of aromatic nitrogens is 2. The molecule has 146 valence electrons. The number of nitrogens with one attached hydrogen (secondary N) is 1. The number of methoxy groups -OCH3 is 1. The van der Waals surface area contributed by atoms with Crippen LogP contribution < -0.4 is 14.8 Å². The zero-order chi connectivity index (χ0) is 19.9. The molecule has 0 aliphatic carbocycles. The summed E-state index contributed by atoms with van der Waals surface area (Å²) in [5, 5.41) is 3.39. The van der Waals surface area contributed by atoms with E-state index in [1.807, 2.05) is 38.1 Å². The molecule has 0 aliphatic rings. The molecule has 1 aromatic heterocycles. The number of nitrogens with zero attached hydrogens (tertiary/aromatic N) is 2. The Morgan fingerprint density at radius 1 is 1.18 bits per heavy atom. The molecule has 28 heavy (non-hydrogen) atoms. The Labute approximate surface area is 168 Å². The van der Waals surface area contributed by atoms with Crippen molar-refractivity contribution in [2.24, 2.45) is 0 Å². The van der Waals surface area contributed by atoms with Crippen LogP contribution in [-0.4, -0.2) is 28.4 Å². The summed E-state index contributed by atoms with van der Waals surface area (Å²) in [6.07, 6.45) is 1.47. The highest BCUT2D eigenvalue weighted by atomic mass is 32.1. The third-order valence-electron chi connectivity index (χ3n) is 4.24. The van der Waals surface area contributed by atoms with Crippen molar-refractivity contribution in [1.82, 2.24) is 14.7 Å². The van der Waals surface area contributed by atoms with Crippen molar-refractivity contribution in [3.05, 3.63) is 65.5 Å². The van der Waals surface area contributed by atoms with Crippen molar-refractivity contribution in [3.8, 4) is 16.7 Å². The van der Waals surface area contributed by atoms with Gasteiger partial charge in [-0.1, -0.05) is 25.1 Å². The second-order valence-corrected chi connectivity index (χ2v) is 7.13. The van der Waals surface area contributed by atoms with Crippen LogP contribution in [0.25, 0.3) is 0 Å². The van der Waals surface area contributed by atoms with E-state index in [-0.39, 0.29) is 11.9 Å². The van der Waals surface area contributed by atoms with E-state index in [9.17, 15) is 4.79 Å². The topological polar surface area (TPSA) is 73.3 Å². The quantitative estimate of drug-likeness (QED) is 0.608. The fourth-order valence-corrected chi connectivity index (χ4v) is 3.10. The number of benzene rings is 2. The van der Waals surface area contributed by atoms with Crippen LogP contribution in [0.4, 0.5) is 0 Å². The molecule has 3 rings (SSSR count). The highest BCUT2D eigenvalue weighted by Crippen LogP contribution is 2.25. The third kappa shape index (κ3) is 5.29. The number of hydrogen-bond donors (Lipinski definition) is 1. The average Bonchev–Trinajstić information content (AvgIpc) is 3.14. The van der Waals surface area contributed by atoms with Gasteiger partial charge in [-0.15, -0.1) is 0 Å². The average molecular weight is 398 g/mol. The van der Waals surface area contributed by atoms with Crippen molar-refractivity contribution >= 4 is 17.4 Å². The first-order valence-corrected chi connectivity index (χ1v) is 9.89. The van der Waals surface area contributed by atoms with Gasteiger partial charge in [0.1, 0.15) is 11.5 Å². The van der Waals surface area contributed by atoms with Gasteiger partial charge in [-0.25, -0.2) is 0 Å². The SMILES string of the molecule is CCC(C)NC(=O)c1cccc(Oc2nc(Cc3cccc(OC)c3)ns2)c1. The van der Waals surface area contributed by atoms with Crippen LogP contribution in [0.15, 0.2) is 48.5 Å². The van der Waals surface area contributed by atoms with Crippen molar-refractivity contribution < 1.29 is 14.3 Å². The van der Waals surface area contributed by atoms with Crippen LogP contribution in [0, 0.1) is 0 Å². The summed E-state index contributed by atoms with van der Waals surface area (Å²) >= 11 is 1.19. The molecule has 1 N–H and O–H groups in total. The maximum absolute atomic E-state index is 12.3. The molecule has 0 spiro atoms. The van der Waals surface area contributed by atoms with E-state index in [2.05, 4.69) is 14.7 Å². The van der Waals surface area contributed by atoms with Gasteiger partial charge in [0, 0.05) is 29.6 Å². The molecule has 0 saturated carbocycles. The van der Waals surface area contributed by atoms with Gasteiger partial charge in [-0.3, -0.25) is 4.79 Å². The zero-order valence-corrected chi connectivity index (χ0v) is 17.0. The minimum atomic E-state index is -0.115. The van der Waals surface area contributed by atoms with E-state index in [4.69, 9.17) is 9.47 Å². The second kappa shape index (κ2) is 9.32. The number of carbonyl (C=O) groups is 1. The van der Waals surface area contributed by atoms with Gasteiger partial charge < -0.3 is 14.8 Å². The third-order valence-corrected chi connectivity index (χ3v) is 4.87. The number of ether oxygens (including phenoxy) is 2. The number of hydrogen-bond acceptors (Lipinski definition) is 6. The van der Waals surface area contributed by atoms with E-state index >= 15 is 0 Å². The van der Waals surface area contributed by atoms with Gasteiger partial charge in [0.25, 0.3) is 11.1 Å². The lowest BCUT2D eigenvalue weighted by Gasteiger charge is -2.11. The van der Waals surface area contributed by atoms with Crippen molar-refractivity contribution in [3.63, 3.8) is 0 Å². The summed E-state index contributed by atoms with van der Waals surface area (Å²) in [6, 6.07) is 15.0. The number of rotatable bonds is 8. The summed E-state index contributed by atoms with van der Waals surface area (Å²) in [5.74, 6) is 1.92. The summed E-state index contributed by atoms with van der Waals surface area (Å²) in [4.78, 5) is 16.7. The summed E-state index contributed by atoms with van der Waals surface area (Å²) < 4.78 is 15.4. The normalized spacial score (nSPS) is 11.7. The first-order valence-electron chi connectivity index (χ1n) is 9.11. The Balaban J connectivity index is 1.66. The lowest BCUT2D eigenvalue weighted by molar-refractivity contribution is 0.0939. The molecule has 0 radical (unpaired) electrons. The Morgan fingerprint density at radius 2 is 1.96 bits per heavy atom. The van der Waals surface area contributed by atoms with Gasteiger partial charge in [0.05, 0.1) is 7.11 Å². The van der Waals surface area contributed by atoms with Gasteiger partial charge in [0.15, 0.2) is 5.82 Å². The molecule has 0 saturated heterocycles. The molecular formula is C21H23N3O3S. The Hall–Kier alpha value is -2.93. The fourth-order valence-electron chi connectivity index (χ4n) is 2.53. The molecule has 0 fully saturated rings. The Kier molecular flexibility index (Phi) is 6.60. The Bertz CT molecular complexity index is 942. The molecule has 0 aliphatic heterocycles. The predicted octanol–water partition coefficient (Wildman–Crippen LogP) is 4.46. The van der Waals surface area contributed by atoms with E-state index < -0.39 is 0 Å². The van der Waals surface area contributed by atoms with Crippen LogP contribution in [0.2, 0.25) is 0 Å². The van der Waals surface area contributed by atoms with Crippen LogP contribution in [0.5, 0.6) is 16.7 Å². The number of carbonyl (C=O) groups excluding carboxylic acids is 1. The van der Waals surface area contributed by atoms with E-state index in [1.54, 1.807) is 31.4 Å². The first kappa shape index (κ1) is 19.8. The molecule has 0 bridgehead atoms. The monoisotopic (exact) mass is 397 g/mol. The van der Waals surface area contributed by atoms with E-state index in [0.717, 1.165) is 17.7 Å². The van der Waals surface area contributed by atoms with E-state index in [0.29, 0.717) is 28.8 Å². The lowest BCUT2D eigenvalue weighted by Crippen LogP contribution is -2.31. The first-order chi connectivity index (χ1) is 13.6. The van der Waals surface area contributed by atoms with Gasteiger partial charge in [0.2, 0.25) is 0 Å². The maximum atomic E-state index is 12.3. The minimum absolute atomic E-state index is 0.115. The van der Waals surface area contributed by atoms with Gasteiger partial charge in [-0.2, -0.15) is 9.36 Å². The molecule has 2 aromatic carbocycles. The van der Waals surface area contributed by atoms with Crippen molar-refractivity contribution in [1.29, 1.82) is 0 Å².